The van der Waals surface area contributed by atoms with Crippen molar-refractivity contribution in [2.45, 2.75) is 27.3 Å². The number of benzene rings is 3. The number of aryl methyl sites for hydroxylation is 2. The van der Waals surface area contributed by atoms with Crippen LogP contribution in [0, 0.1) is 20.8 Å². The summed E-state index contributed by atoms with van der Waals surface area (Å²) >= 11 is 0. The Hall–Kier alpha value is -4.17. The largest absolute Gasteiger partial charge is 0.318 e. The predicted octanol–water partition coefficient (Wildman–Crippen LogP) is 5.13. The van der Waals surface area contributed by atoms with Gasteiger partial charge in [0.15, 0.2) is 0 Å². The van der Waals surface area contributed by atoms with Gasteiger partial charge in [0.25, 0.3) is 5.91 Å². The fourth-order valence-corrected chi connectivity index (χ4v) is 5.12. The Balaban J connectivity index is 1.43. The van der Waals surface area contributed by atoms with Crippen LogP contribution in [-0.2, 0) is 16.6 Å². The summed E-state index contributed by atoms with van der Waals surface area (Å²) in [4.78, 5) is 12.6. The highest BCUT2D eigenvalue weighted by molar-refractivity contribution is 7.92. The van der Waals surface area contributed by atoms with Crippen LogP contribution >= 0.6 is 0 Å². The van der Waals surface area contributed by atoms with E-state index in [1.165, 1.54) is 16.1 Å². The zero-order valence-electron chi connectivity index (χ0n) is 21.3. The molecule has 0 aliphatic rings. The van der Waals surface area contributed by atoms with Crippen molar-refractivity contribution in [2.24, 2.45) is 5.10 Å². The Morgan fingerprint density at radius 3 is 2.30 bits per heavy atom. The molecular weight excluding hydrogens is 484 g/mol. The summed E-state index contributed by atoms with van der Waals surface area (Å²) in [6.45, 7) is 6.29. The van der Waals surface area contributed by atoms with Crippen LogP contribution < -0.4 is 9.73 Å². The van der Waals surface area contributed by atoms with Crippen LogP contribution in [0.2, 0.25) is 0 Å². The van der Waals surface area contributed by atoms with E-state index in [4.69, 9.17) is 0 Å². The van der Waals surface area contributed by atoms with Crippen molar-refractivity contribution in [3.8, 4) is 5.69 Å². The maximum absolute atomic E-state index is 12.6. The third-order valence-electron chi connectivity index (χ3n) is 6.09. The Labute approximate surface area is 218 Å². The van der Waals surface area contributed by atoms with E-state index in [2.05, 4.69) is 40.2 Å². The van der Waals surface area contributed by atoms with Gasteiger partial charge < -0.3 is 4.57 Å². The highest BCUT2D eigenvalue weighted by Gasteiger charge is 2.18. The van der Waals surface area contributed by atoms with Gasteiger partial charge in [-0.05, 0) is 74.4 Å². The summed E-state index contributed by atoms with van der Waals surface area (Å²) in [5, 5.41) is 4.16. The highest BCUT2D eigenvalue weighted by Crippen LogP contribution is 2.21. The average Bonchev–Trinajstić information content (AvgIpc) is 3.15. The molecule has 0 unspecified atom stereocenters. The first-order valence-electron chi connectivity index (χ1n) is 11.8. The number of anilines is 1. The zero-order valence-corrected chi connectivity index (χ0v) is 22.2. The summed E-state index contributed by atoms with van der Waals surface area (Å²) in [7, 11) is -3.47. The smallest absolute Gasteiger partial charge is 0.271 e. The second-order valence-corrected chi connectivity index (χ2v) is 10.9. The average molecular weight is 515 g/mol. The first-order valence-corrected chi connectivity index (χ1v) is 13.7. The summed E-state index contributed by atoms with van der Waals surface area (Å²) in [6.07, 6.45) is 2.82. The maximum atomic E-state index is 12.6. The number of hydrogen-bond acceptors (Lipinski definition) is 4. The van der Waals surface area contributed by atoms with Crippen LogP contribution in [0.5, 0.6) is 0 Å². The van der Waals surface area contributed by atoms with Gasteiger partial charge in [-0.3, -0.25) is 9.10 Å². The molecular formula is C29H30N4O3S. The van der Waals surface area contributed by atoms with Crippen molar-refractivity contribution in [1.29, 1.82) is 0 Å². The minimum atomic E-state index is -3.47. The molecule has 0 atom stereocenters. The lowest BCUT2D eigenvalue weighted by molar-refractivity contribution is 0.0955. The SMILES string of the molecule is Cc1cccc(-n2c(C)cc(/C=N\NC(=O)c3ccc(CN(c4ccccc4)S(C)(=O)=O)cc3)c2C)c1. The molecule has 190 valence electrons. The second kappa shape index (κ2) is 10.8. The van der Waals surface area contributed by atoms with Gasteiger partial charge in [0.05, 0.1) is 24.7 Å². The molecule has 1 aromatic heterocycles. The van der Waals surface area contributed by atoms with E-state index >= 15 is 0 Å². The quantitative estimate of drug-likeness (QED) is 0.261. The maximum Gasteiger partial charge on any atom is 0.271 e. The molecule has 0 saturated carbocycles. The van der Waals surface area contributed by atoms with Crippen molar-refractivity contribution in [2.75, 3.05) is 10.6 Å². The van der Waals surface area contributed by atoms with Crippen molar-refractivity contribution >= 4 is 27.8 Å². The molecule has 4 aromatic rings. The lowest BCUT2D eigenvalue weighted by Gasteiger charge is -2.22. The van der Waals surface area contributed by atoms with Crippen LogP contribution in [0.4, 0.5) is 5.69 Å². The number of nitrogens with one attached hydrogen (secondary N) is 1. The van der Waals surface area contributed by atoms with Gasteiger partial charge in [0.2, 0.25) is 10.0 Å². The van der Waals surface area contributed by atoms with E-state index in [-0.39, 0.29) is 12.5 Å². The molecule has 1 N–H and O–H groups in total. The van der Waals surface area contributed by atoms with Gasteiger partial charge in [-0.25, -0.2) is 13.8 Å². The zero-order chi connectivity index (χ0) is 26.6. The van der Waals surface area contributed by atoms with E-state index in [9.17, 15) is 13.2 Å². The van der Waals surface area contributed by atoms with Crippen molar-refractivity contribution in [3.63, 3.8) is 0 Å². The minimum Gasteiger partial charge on any atom is -0.318 e. The molecule has 1 amide bonds. The van der Waals surface area contributed by atoms with E-state index in [0.29, 0.717) is 11.3 Å². The fourth-order valence-electron chi connectivity index (χ4n) is 4.23. The van der Waals surface area contributed by atoms with Gasteiger partial charge in [0, 0.05) is 28.2 Å². The number of rotatable bonds is 8. The number of amides is 1. The molecule has 0 radical (unpaired) electrons. The topological polar surface area (TPSA) is 83.8 Å². The molecule has 37 heavy (non-hydrogen) atoms. The van der Waals surface area contributed by atoms with E-state index in [1.54, 1.807) is 54.7 Å². The van der Waals surface area contributed by atoms with Crippen LogP contribution in [0.15, 0.2) is 90.0 Å². The Morgan fingerprint density at radius 1 is 0.946 bits per heavy atom. The number of carbonyl (C=O) groups excluding carboxylic acids is 1. The molecule has 0 aliphatic heterocycles. The van der Waals surface area contributed by atoms with Gasteiger partial charge in [-0.1, -0.05) is 42.5 Å². The summed E-state index contributed by atoms with van der Waals surface area (Å²) in [5.74, 6) is -0.349. The van der Waals surface area contributed by atoms with Crippen molar-refractivity contribution in [3.05, 3.63) is 119 Å². The van der Waals surface area contributed by atoms with Crippen LogP contribution in [0.1, 0.15) is 38.4 Å². The molecule has 3 aromatic carbocycles. The first kappa shape index (κ1) is 25.9. The highest BCUT2D eigenvalue weighted by atomic mass is 32.2. The number of hydrogen-bond donors (Lipinski definition) is 1. The summed E-state index contributed by atoms with van der Waals surface area (Å²) < 4.78 is 28.2. The lowest BCUT2D eigenvalue weighted by atomic mass is 10.1. The van der Waals surface area contributed by atoms with Crippen LogP contribution in [0.3, 0.4) is 0 Å². The number of carbonyl (C=O) groups is 1. The van der Waals surface area contributed by atoms with Crippen LogP contribution in [0.25, 0.3) is 5.69 Å². The molecule has 1 heterocycles. The monoisotopic (exact) mass is 514 g/mol. The normalized spacial score (nSPS) is 11.6. The molecule has 0 spiro atoms. The van der Waals surface area contributed by atoms with E-state index < -0.39 is 10.0 Å². The molecule has 0 fully saturated rings. The van der Waals surface area contributed by atoms with Gasteiger partial charge in [-0.15, -0.1) is 0 Å². The number of aromatic nitrogens is 1. The minimum absolute atomic E-state index is 0.166. The molecule has 8 heteroatoms. The number of hydrazone groups is 1. The van der Waals surface area contributed by atoms with E-state index in [1.807, 2.05) is 32.0 Å². The third-order valence-corrected chi connectivity index (χ3v) is 7.23. The predicted molar refractivity (Wildman–Crippen MR) is 149 cm³/mol. The summed E-state index contributed by atoms with van der Waals surface area (Å²) in [6, 6.07) is 26.0. The van der Waals surface area contributed by atoms with Gasteiger partial charge >= 0.3 is 0 Å². The van der Waals surface area contributed by atoms with Crippen molar-refractivity contribution in [1.82, 2.24) is 9.99 Å². The second-order valence-electron chi connectivity index (χ2n) is 9.00. The Morgan fingerprint density at radius 2 is 1.65 bits per heavy atom. The van der Waals surface area contributed by atoms with Gasteiger partial charge in [0.1, 0.15) is 0 Å². The van der Waals surface area contributed by atoms with E-state index in [0.717, 1.165) is 28.2 Å². The van der Waals surface area contributed by atoms with Gasteiger partial charge in [-0.2, -0.15) is 5.10 Å². The number of nitrogens with zero attached hydrogens (tertiary/aromatic N) is 3. The summed E-state index contributed by atoms with van der Waals surface area (Å²) in [5.41, 5.74) is 9.63. The Bertz CT molecular complexity index is 1540. The third kappa shape index (κ3) is 6.16. The standard InChI is InChI=1S/C29H30N4O3S/c1-21-9-8-12-28(17-21)33-22(2)18-26(23(33)3)19-30-31-29(34)25-15-13-24(14-16-25)20-32(37(4,35)36)27-10-6-5-7-11-27/h5-19H,20H2,1-4H3,(H,31,34)/b30-19-. The molecule has 4 rings (SSSR count). The molecule has 0 saturated heterocycles. The number of sulfonamides is 1. The molecule has 0 bridgehead atoms. The van der Waals surface area contributed by atoms with Crippen molar-refractivity contribution < 1.29 is 13.2 Å². The fraction of sp³-hybridized carbons (Fsp3) is 0.172. The molecule has 7 nitrogen and oxygen atoms in total. The Kier molecular flexibility index (Phi) is 7.59. The molecule has 0 aliphatic carbocycles. The number of para-hydroxylation sites is 1. The first-order chi connectivity index (χ1) is 17.6. The van der Waals surface area contributed by atoms with Crippen LogP contribution in [-0.4, -0.2) is 31.4 Å². The lowest BCUT2D eigenvalue weighted by Crippen LogP contribution is -2.29.